The lowest BCUT2D eigenvalue weighted by Gasteiger charge is -2.31. The van der Waals surface area contributed by atoms with E-state index in [0.29, 0.717) is 5.54 Å². The third-order valence-corrected chi connectivity index (χ3v) is 3.56. The van der Waals surface area contributed by atoms with E-state index in [4.69, 9.17) is 10.5 Å². The Morgan fingerprint density at radius 2 is 2.24 bits per heavy atom. The van der Waals surface area contributed by atoms with Gasteiger partial charge >= 0.3 is 0 Å². The second-order valence-corrected chi connectivity index (χ2v) is 5.32. The first kappa shape index (κ1) is 12.2. The maximum atomic E-state index is 5.72. The van der Waals surface area contributed by atoms with Crippen LogP contribution in [-0.2, 0) is 0 Å². The van der Waals surface area contributed by atoms with Gasteiger partial charge in [-0.1, -0.05) is 6.07 Å². The molecule has 3 nitrogen and oxygen atoms in total. The summed E-state index contributed by atoms with van der Waals surface area (Å²) in [6.07, 6.45) is 2.58. The van der Waals surface area contributed by atoms with Crippen molar-refractivity contribution >= 4 is 5.69 Å². The Bertz CT molecular complexity index is 376. The number of likely N-dealkylation sites (tertiary alicyclic amines) is 1. The zero-order valence-electron chi connectivity index (χ0n) is 10.8. The Labute approximate surface area is 104 Å². The highest BCUT2D eigenvalue weighted by Crippen LogP contribution is 2.27. The van der Waals surface area contributed by atoms with E-state index in [1.807, 2.05) is 24.3 Å². The number of anilines is 1. The molecule has 1 saturated heterocycles. The number of hydrogen-bond acceptors (Lipinski definition) is 3. The van der Waals surface area contributed by atoms with Gasteiger partial charge in [0.05, 0.1) is 0 Å². The van der Waals surface area contributed by atoms with E-state index in [1.165, 1.54) is 19.4 Å². The van der Waals surface area contributed by atoms with Crippen molar-refractivity contribution in [2.45, 2.75) is 32.2 Å². The smallest absolute Gasteiger partial charge is 0.121 e. The molecule has 2 rings (SSSR count). The summed E-state index contributed by atoms with van der Waals surface area (Å²) in [6, 6.07) is 7.61. The lowest BCUT2D eigenvalue weighted by molar-refractivity contribution is 0.143. The Hall–Kier alpha value is -1.22. The van der Waals surface area contributed by atoms with Crippen molar-refractivity contribution < 1.29 is 4.74 Å². The van der Waals surface area contributed by atoms with E-state index < -0.39 is 0 Å². The van der Waals surface area contributed by atoms with Gasteiger partial charge in [0.1, 0.15) is 12.4 Å². The molecular weight excluding hydrogens is 212 g/mol. The van der Waals surface area contributed by atoms with E-state index in [-0.39, 0.29) is 0 Å². The Morgan fingerprint density at radius 3 is 2.88 bits per heavy atom. The molecule has 94 valence electrons. The van der Waals surface area contributed by atoms with E-state index in [2.05, 4.69) is 18.7 Å². The predicted octanol–water partition coefficient (Wildman–Crippen LogP) is 2.52. The lowest BCUT2D eigenvalue weighted by Crippen LogP contribution is -2.40. The van der Waals surface area contributed by atoms with Gasteiger partial charge in [0.25, 0.3) is 0 Å². The summed E-state index contributed by atoms with van der Waals surface area (Å²) in [5.41, 5.74) is 6.79. The van der Waals surface area contributed by atoms with E-state index >= 15 is 0 Å². The molecule has 0 amide bonds. The first-order chi connectivity index (χ1) is 8.08. The fourth-order valence-corrected chi connectivity index (χ4v) is 2.46. The molecule has 1 aromatic carbocycles. The molecule has 1 aromatic rings. The van der Waals surface area contributed by atoms with Crippen molar-refractivity contribution in [3.05, 3.63) is 24.3 Å². The zero-order valence-corrected chi connectivity index (χ0v) is 10.8. The highest BCUT2D eigenvalue weighted by molar-refractivity contribution is 5.43. The van der Waals surface area contributed by atoms with Crippen LogP contribution in [-0.4, -0.2) is 30.1 Å². The average Bonchev–Trinajstić information content (AvgIpc) is 2.58. The molecule has 0 unspecified atom stereocenters. The molecule has 0 aliphatic carbocycles. The van der Waals surface area contributed by atoms with Crippen LogP contribution in [0.4, 0.5) is 5.69 Å². The van der Waals surface area contributed by atoms with Gasteiger partial charge < -0.3 is 10.5 Å². The standard InChI is InChI=1S/C14H22N2O/c1-14(2)7-4-8-16(14)9-10-17-13-6-3-5-12(15)11-13/h3,5-6,11H,4,7-10,15H2,1-2H3. The van der Waals surface area contributed by atoms with Gasteiger partial charge in [-0.25, -0.2) is 0 Å². The molecule has 2 N–H and O–H groups in total. The fourth-order valence-electron chi connectivity index (χ4n) is 2.46. The maximum absolute atomic E-state index is 5.72. The second kappa shape index (κ2) is 4.96. The summed E-state index contributed by atoms with van der Waals surface area (Å²) < 4.78 is 5.72. The number of nitrogen functional groups attached to an aromatic ring is 1. The molecule has 0 bridgehead atoms. The van der Waals surface area contributed by atoms with Gasteiger partial charge in [-0.05, 0) is 45.4 Å². The topological polar surface area (TPSA) is 38.5 Å². The van der Waals surface area contributed by atoms with Crippen molar-refractivity contribution in [1.29, 1.82) is 0 Å². The van der Waals surface area contributed by atoms with E-state index in [9.17, 15) is 0 Å². The number of nitrogens with two attached hydrogens (primary N) is 1. The third kappa shape index (κ3) is 3.13. The average molecular weight is 234 g/mol. The SMILES string of the molecule is CC1(C)CCCN1CCOc1cccc(N)c1. The number of ether oxygens (including phenoxy) is 1. The van der Waals surface area contributed by atoms with Crippen molar-refractivity contribution in [3.8, 4) is 5.75 Å². The van der Waals surface area contributed by atoms with Gasteiger partial charge in [-0.15, -0.1) is 0 Å². The highest BCUT2D eigenvalue weighted by Gasteiger charge is 2.31. The molecule has 3 heteroatoms. The van der Waals surface area contributed by atoms with E-state index in [0.717, 1.165) is 24.6 Å². The van der Waals surface area contributed by atoms with Crippen LogP contribution in [0.25, 0.3) is 0 Å². The molecule has 0 spiro atoms. The summed E-state index contributed by atoms with van der Waals surface area (Å²) in [5, 5.41) is 0. The van der Waals surface area contributed by atoms with Crippen LogP contribution < -0.4 is 10.5 Å². The Kier molecular flexibility index (Phi) is 3.57. The summed E-state index contributed by atoms with van der Waals surface area (Å²) >= 11 is 0. The quantitative estimate of drug-likeness (QED) is 0.814. The molecule has 0 radical (unpaired) electrons. The number of benzene rings is 1. The van der Waals surface area contributed by atoms with Gasteiger partial charge in [0.2, 0.25) is 0 Å². The Balaban J connectivity index is 1.80. The van der Waals surface area contributed by atoms with Crippen LogP contribution in [0.15, 0.2) is 24.3 Å². The second-order valence-electron chi connectivity index (χ2n) is 5.32. The predicted molar refractivity (Wildman–Crippen MR) is 71.2 cm³/mol. The lowest BCUT2D eigenvalue weighted by atomic mass is 10.0. The number of nitrogens with zero attached hydrogens (tertiary/aromatic N) is 1. The van der Waals surface area contributed by atoms with Crippen molar-refractivity contribution in [1.82, 2.24) is 4.90 Å². The van der Waals surface area contributed by atoms with Crippen LogP contribution >= 0.6 is 0 Å². The van der Waals surface area contributed by atoms with Gasteiger partial charge in [0.15, 0.2) is 0 Å². The Morgan fingerprint density at radius 1 is 1.41 bits per heavy atom. The van der Waals surface area contributed by atoms with Gasteiger partial charge in [-0.3, -0.25) is 4.90 Å². The normalized spacial score (nSPS) is 19.4. The van der Waals surface area contributed by atoms with Gasteiger partial charge in [-0.2, -0.15) is 0 Å². The third-order valence-electron chi connectivity index (χ3n) is 3.56. The van der Waals surface area contributed by atoms with E-state index in [1.54, 1.807) is 0 Å². The largest absolute Gasteiger partial charge is 0.492 e. The van der Waals surface area contributed by atoms with Crippen LogP contribution in [0.3, 0.4) is 0 Å². The van der Waals surface area contributed by atoms with Gasteiger partial charge in [0, 0.05) is 23.8 Å². The summed E-state index contributed by atoms with van der Waals surface area (Å²) in [6.45, 7) is 7.52. The molecule has 1 aliphatic rings. The molecule has 1 aliphatic heterocycles. The monoisotopic (exact) mass is 234 g/mol. The number of hydrogen-bond donors (Lipinski definition) is 1. The summed E-state index contributed by atoms with van der Waals surface area (Å²) in [4.78, 5) is 2.50. The van der Waals surface area contributed by atoms with Crippen molar-refractivity contribution in [2.24, 2.45) is 0 Å². The van der Waals surface area contributed by atoms with Crippen LogP contribution in [0.2, 0.25) is 0 Å². The molecule has 0 aromatic heterocycles. The highest BCUT2D eigenvalue weighted by atomic mass is 16.5. The van der Waals surface area contributed by atoms with Crippen LogP contribution in [0.5, 0.6) is 5.75 Å². The summed E-state index contributed by atoms with van der Waals surface area (Å²) in [7, 11) is 0. The van der Waals surface area contributed by atoms with Crippen molar-refractivity contribution in [2.75, 3.05) is 25.4 Å². The molecule has 17 heavy (non-hydrogen) atoms. The minimum absolute atomic E-state index is 0.332. The molecule has 1 fully saturated rings. The van der Waals surface area contributed by atoms with Crippen LogP contribution in [0.1, 0.15) is 26.7 Å². The first-order valence-corrected chi connectivity index (χ1v) is 6.31. The first-order valence-electron chi connectivity index (χ1n) is 6.31. The van der Waals surface area contributed by atoms with Crippen molar-refractivity contribution in [3.63, 3.8) is 0 Å². The molecular formula is C14H22N2O. The molecule has 1 heterocycles. The zero-order chi connectivity index (χ0) is 12.3. The molecule has 0 saturated carbocycles. The van der Waals surface area contributed by atoms with Crippen LogP contribution in [0, 0.1) is 0 Å². The summed E-state index contributed by atoms with van der Waals surface area (Å²) in [5.74, 6) is 0.863. The number of rotatable bonds is 4. The molecule has 0 atom stereocenters. The fraction of sp³-hybridized carbons (Fsp3) is 0.571. The minimum atomic E-state index is 0.332. The minimum Gasteiger partial charge on any atom is -0.492 e. The maximum Gasteiger partial charge on any atom is 0.121 e.